The van der Waals surface area contributed by atoms with Crippen LogP contribution in [0.2, 0.25) is 10.0 Å². The number of hydrogen-bond donors (Lipinski definition) is 2. The number of nitrogens with one attached hydrogen (secondary N) is 1. The Morgan fingerprint density at radius 1 is 1.35 bits per heavy atom. The van der Waals surface area contributed by atoms with Crippen molar-refractivity contribution in [2.45, 2.75) is 0 Å². The lowest BCUT2D eigenvalue weighted by atomic mass is 10.2. The van der Waals surface area contributed by atoms with Crippen LogP contribution in [-0.2, 0) is 0 Å². The largest absolute Gasteiger partial charge is 0.384 e. The molecule has 0 atom stereocenters. The third kappa shape index (κ3) is 3.33. The lowest BCUT2D eigenvalue weighted by molar-refractivity contribution is 0.103. The summed E-state index contributed by atoms with van der Waals surface area (Å²) in [4.78, 5) is 12.7. The molecule has 0 spiro atoms. The van der Waals surface area contributed by atoms with E-state index in [0.717, 1.165) is 0 Å². The van der Waals surface area contributed by atoms with Crippen molar-refractivity contribution in [1.82, 2.24) is 0 Å². The third-order valence-corrected chi connectivity index (χ3v) is 4.11. The first-order chi connectivity index (χ1) is 9.63. The molecule has 0 saturated carbocycles. The van der Waals surface area contributed by atoms with Crippen LogP contribution in [0.4, 0.5) is 5.69 Å². The van der Waals surface area contributed by atoms with Crippen molar-refractivity contribution in [3.8, 4) is 11.8 Å². The Bertz CT molecular complexity index is 701. The SMILES string of the molecule is O=C(Nc1cccc(Cl)c1Cl)c1sccc1C#CCO. The van der Waals surface area contributed by atoms with Gasteiger partial charge in [-0.2, -0.15) is 0 Å². The summed E-state index contributed by atoms with van der Waals surface area (Å²) in [7, 11) is 0. The minimum atomic E-state index is -0.314. The Hall–Kier alpha value is -1.51. The van der Waals surface area contributed by atoms with E-state index in [1.165, 1.54) is 11.3 Å². The number of rotatable bonds is 2. The molecule has 2 N–H and O–H groups in total. The van der Waals surface area contributed by atoms with Crippen molar-refractivity contribution in [3.05, 3.63) is 50.1 Å². The van der Waals surface area contributed by atoms with Crippen LogP contribution in [0.15, 0.2) is 29.6 Å². The first-order valence-electron chi connectivity index (χ1n) is 5.56. The van der Waals surface area contributed by atoms with Gasteiger partial charge in [0.25, 0.3) is 5.91 Å². The minimum absolute atomic E-state index is 0.253. The van der Waals surface area contributed by atoms with Gasteiger partial charge in [-0.1, -0.05) is 41.1 Å². The van der Waals surface area contributed by atoms with Gasteiger partial charge in [-0.15, -0.1) is 11.3 Å². The van der Waals surface area contributed by atoms with Gasteiger partial charge in [0.15, 0.2) is 0 Å². The van der Waals surface area contributed by atoms with Crippen LogP contribution in [0.1, 0.15) is 15.2 Å². The molecule has 20 heavy (non-hydrogen) atoms. The molecule has 0 bridgehead atoms. The maximum Gasteiger partial charge on any atom is 0.267 e. The second-order valence-electron chi connectivity index (χ2n) is 3.68. The fourth-order valence-corrected chi connectivity index (χ4v) is 2.59. The quantitative estimate of drug-likeness (QED) is 0.828. The van der Waals surface area contributed by atoms with E-state index in [1.54, 1.807) is 29.6 Å². The van der Waals surface area contributed by atoms with Crippen molar-refractivity contribution >= 4 is 46.1 Å². The number of hydrogen-bond acceptors (Lipinski definition) is 3. The monoisotopic (exact) mass is 325 g/mol. The fourth-order valence-electron chi connectivity index (χ4n) is 1.50. The number of aliphatic hydroxyl groups excluding tert-OH is 1. The highest BCUT2D eigenvalue weighted by atomic mass is 35.5. The fraction of sp³-hybridized carbons (Fsp3) is 0.0714. The van der Waals surface area contributed by atoms with Crippen molar-refractivity contribution in [2.75, 3.05) is 11.9 Å². The Morgan fingerprint density at radius 3 is 2.90 bits per heavy atom. The molecule has 0 aliphatic carbocycles. The number of carbonyl (C=O) groups is 1. The Kier molecular flexibility index (Phi) is 5.05. The summed E-state index contributed by atoms with van der Waals surface area (Å²) in [6, 6.07) is 6.73. The molecular weight excluding hydrogens is 317 g/mol. The van der Waals surface area contributed by atoms with Crippen LogP contribution >= 0.6 is 34.5 Å². The molecule has 1 amide bonds. The second-order valence-corrected chi connectivity index (χ2v) is 5.38. The summed E-state index contributed by atoms with van der Waals surface area (Å²) >= 11 is 13.2. The predicted molar refractivity (Wildman–Crippen MR) is 82.7 cm³/mol. The van der Waals surface area contributed by atoms with Crippen molar-refractivity contribution in [1.29, 1.82) is 0 Å². The Labute approximate surface area is 130 Å². The number of thiophene rings is 1. The van der Waals surface area contributed by atoms with Crippen molar-refractivity contribution < 1.29 is 9.90 Å². The lowest BCUT2D eigenvalue weighted by Crippen LogP contribution is -2.11. The van der Waals surface area contributed by atoms with Crippen LogP contribution in [0.25, 0.3) is 0 Å². The van der Waals surface area contributed by atoms with Crippen LogP contribution in [0.5, 0.6) is 0 Å². The molecule has 0 unspecified atom stereocenters. The molecule has 1 aromatic carbocycles. The second kappa shape index (κ2) is 6.78. The minimum Gasteiger partial charge on any atom is -0.384 e. The number of anilines is 1. The first-order valence-corrected chi connectivity index (χ1v) is 7.19. The molecule has 0 aliphatic rings. The number of amides is 1. The predicted octanol–water partition coefficient (Wildman–Crippen LogP) is 3.65. The molecule has 3 nitrogen and oxygen atoms in total. The van der Waals surface area contributed by atoms with Crippen LogP contribution < -0.4 is 5.32 Å². The molecule has 1 heterocycles. The highest BCUT2D eigenvalue weighted by molar-refractivity contribution is 7.12. The van der Waals surface area contributed by atoms with Gasteiger partial charge in [0.2, 0.25) is 0 Å². The molecular formula is C14H9Cl2NO2S. The Balaban J connectivity index is 2.25. The summed E-state index contributed by atoms with van der Waals surface area (Å²) < 4.78 is 0. The molecule has 0 radical (unpaired) electrons. The molecule has 102 valence electrons. The van der Waals surface area contributed by atoms with Gasteiger partial charge < -0.3 is 10.4 Å². The number of carbonyl (C=O) groups excluding carboxylic acids is 1. The zero-order valence-corrected chi connectivity index (χ0v) is 12.4. The average Bonchev–Trinajstić information content (AvgIpc) is 2.90. The first kappa shape index (κ1) is 14.9. The van der Waals surface area contributed by atoms with Gasteiger partial charge in [0.05, 0.1) is 15.7 Å². The maximum atomic E-state index is 12.2. The van der Waals surface area contributed by atoms with E-state index in [9.17, 15) is 4.79 Å². The third-order valence-electron chi connectivity index (χ3n) is 2.37. The van der Waals surface area contributed by atoms with E-state index >= 15 is 0 Å². The summed E-state index contributed by atoms with van der Waals surface area (Å²) in [5, 5.41) is 13.8. The van der Waals surface area contributed by atoms with Crippen LogP contribution in [-0.4, -0.2) is 17.6 Å². The molecule has 0 fully saturated rings. The average molecular weight is 326 g/mol. The molecule has 1 aromatic heterocycles. The van der Waals surface area contributed by atoms with Gasteiger partial charge in [-0.25, -0.2) is 0 Å². The van der Waals surface area contributed by atoms with E-state index < -0.39 is 0 Å². The molecule has 0 saturated heterocycles. The van der Waals surface area contributed by atoms with Gasteiger partial charge in [-0.3, -0.25) is 4.79 Å². The lowest BCUT2D eigenvalue weighted by Gasteiger charge is -2.07. The maximum absolute atomic E-state index is 12.2. The topological polar surface area (TPSA) is 49.3 Å². The molecule has 0 aliphatic heterocycles. The summed E-state index contributed by atoms with van der Waals surface area (Å²) in [5.74, 6) is 4.93. The number of benzene rings is 1. The number of aliphatic hydroxyl groups is 1. The van der Waals surface area contributed by atoms with E-state index in [0.29, 0.717) is 26.2 Å². The zero-order valence-electron chi connectivity index (χ0n) is 10.1. The summed E-state index contributed by atoms with van der Waals surface area (Å²) in [6.07, 6.45) is 0. The van der Waals surface area contributed by atoms with E-state index in [1.807, 2.05) is 0 Å². The van der Waals surface area contributed by atoms with Crippen LogP contribution in [0, 0.1) is 11.8 Å². The van der Waals surface area contributed by atoms with Gasteiger partial charge in [-0.05, 0) is 23.6 Å². The van der Waals surface area contributed by atoms with E-state index in [-0.39, 0.29) is 12.5 Å². The van der Waals surface area contributed by atoms with Gasteiger partial charge in [0, 0.05) is 5.56 Å². The summed E-state index contributed by atoms with van der Waals surface area (Å²) in [5.41, 5.74) is 1.01. The van der Waals surface area contributed by atoms with Gasteiger partial charge >= 0.3 is 0 Å². The van der Waals surface area contributed by atoms with Gasteiger partial charge in [0.1, 0.15) is 11.5 Å². The highest BCUT2D eigenvalue weighted by Gasteiger charge is 2.14. The standard InChI is InChI=1S/C14H9Cl2NO2S/c15-10-4-1-5-11(12(10)16)17-14(19)13-9(3-2-7-18)6-8-20-13/h1,4-6,8,18H,7H2,(H,17,19). The molecule has 2 aromatic rings. The van der Waals surface area contributed by atoms with E-state index in [2.05, 4.69) is 17.2 Å². The molecule has 6 heteroatoms. The van der Waals surface area contributed by atoms with Crippen molar-refractivity contribution in [3.63, 3.8) is 0 Å². The Morgan fingerprint density at radius 2 is 2.15 bits per heavy atom. The van der Waals surface area contributed by atoms with Crippen LogP contribution in [0.3, 0.4) is 0 Å². The van der Waals surface area contributed by atoms with Crippen molar-refractivity contribution in [2.24, 2.45) is 0 Å². The highest BCUT2D eigenvalue weighted by Crippen LogP contribution is 2.30. The molecule has 2 rings (SSSR count). The zero-order chi connectivity index (χ0) is 14.5. The smallest absolute Gasteiger partial charge is 0.267 e. The normalized spacial score (nSPS) is 9.75. The summed E-state index contributed by atoms with van der Waals surface area (Å²) in [6.45, 7) is -0.253. The van der Waals surface area contributed by atoms with E-state index in [4.69, 9.17) is 28.3 Å². The number of halogens is 2.